The van der Waals surface area contributed by atoms with Gasteiger partial charge in [0, 0.05) is 42.3 Å². The van der Waals surface area contributed by atoms with Crippen molar-refractivity contribution in [2.45, 2.75) is 13.0 Å². The highest BCUT2D eigenvalue weighted by Gasteiger charge is 2.05. The first-order valence-corrected chi connectivity index (χ1v) is 8.90. The first-order chi connectivity index (χ1) is 12.7. The summed E-state index contributed by atoms with van der Waals surface area (Å²) in [6.07, 6.45) is 2.91. The summed E-state index contributed by atoms with van der Waals surface area (Å²) in [5.74, 6) is 1.62. The summed E-state index contributed by atoms with van der Waals surface area (Å²) >= 11 is 6.11. The molecule has 1 aromatic heterocycles. The Hall–Kier alpha value is -1.93. The van der Waals surface area contributed by atoms with Gasteiger partial charge in [0.25, 0.3) is 0 Å². The number of nitrogens with one attached hydrogen (secondary N) is 3. The van der Waals surface area contributed by atoms with Crippen molar-refractivity contribution in [1.29, 1.82) is 0 Å². The van der Waals surface area contributed by atoms with Crippen molar-refractivity contribution in [2.75, 3.05) is 20.7 Å². The standard InChI is InChI=1S/C20H23ClN4O.HI/c1-22-20(25-12-14-4-3-5-17(10-14)26-2)23-9-8-15-13-24-19-7-6-16(21)11-18(15)19;/h3-7,10-11,13,24H,8-9,12H2,1-2H3,(H2,22,23,25);1H. The second-order valence-corrected chi connectivity index (χ2v) is 6.39. The van der Waals surface area contributed by atoms with Gasteiger partial charge in [-0.05, 0) is 47.9 Å². The molecule has 0 radical (unpaired) electrons. The van der Waals surface area contributed by atoms with Crippen LogP contribution in [0.15, 0.2) is 53.7 Å². The number of aromatic amines is 1. The molecule has 1 heterocycles. The van der Waals surface area contributed by atoms with E-state index in [1.165, 1.54) is 10.9 Å². The minimum absolute atomic E-state index is 0. The number of nitrogens with zero attached hydrogens (tertiary/aromatic N) is 1. The fourth-order valence-electron chi connectivity index (χ4n) is 2.86. The molecule has 0 aliphatic heterocycles. The van der Waals surface area contributed by atoms with Crippen LogP contribution in [-0.4, -0.2) is 31.6 Å². The smallest absolute Gasteiger partial charge is 0.191 e. The van der Waals surface area contributed by atoms with E-state index in [0.29, 0.717) is 6.54 Å². The van der Waals surface area contributed by atoms with Crippen LogP contribution in [0.4, 0.5) is 0 Å². The van der Waals surface area contributed by atoms with E-state index in [0.717, 1.165) is 40.8 Å². The van der Waals surface area contributed by atoms with Gasteiger partial charge in [0.1, 0.15) is 5.75 Å². The molecule has 0 aliphatic carbocycles. The zero-order chi connectivity index (χ0) is 18.4. The fourth-order valence-corrected chi connectivity index (χ4v) is 3.03. The van der Waals surface area contributed by atoms with Gasteiger partial charge in [-0.15, -0.1) is 24.0 Å². The number of guanidine groups is 1. The van der Waals surface area contributed by atoms with Gasteiger partial charge in [0.15, 0.2) is 5.96 Å². The molecule has 0 atom stereocenters. The summed E-state index contributed by atoms with van der Waals surface area (Å²) < 4.78 is 5.25. The Morgan fingerprint density at radius 3 is 2.81 bits per heavy atom. The molecule has 3 aromatic rings. The SMILES string of the molecule is CN=C(NCCc1c[nH]c2ccc(Cl)cc12)NCc1cccc(OC)c1.I. The Bertz CT molecular complexity index is 910. The monoisotopic (exact) mass is 498 g/mol. The topological polar surface area (TPSA) is 61.4 Å². The quantitative estimate of drug-likeness (QED) is 0.269. The first kappa shape index (κ1) is 21.4. The Morgan fingerprint density at radius 1 is 1.19 bits per heavy atom. The third kappa shape index (κ3) is 5.77. The fraction of sp³-hybridized carbons (Fsp3) is 0.250. The average Bonchev–Trinajstić information content (AvgIpc) is 3.06. The van der Waals surface area contributed by atoms with Crippen LogP contribution in [-0.2, 0) is 13.0 Å². The molecule has 7 heteroatoms. The number of rotatable bonds is 6. The molecule has 0 saturated carbocycles. The van der Waals surface area contributed by atoms with Crippen LogP contribution in [0, 0.1) is 0 Å². The Morgan fingerprint density at radius 2 is 2.04 bits per heavy atom. The second kappa shape index (κ2) is 10.4. The minimum Gasteiger partial charge on any atom is -0.497 e. The number of hydrogen-bond donors (Lipinski definition) is 3. The van der Waals surface area contributed by atoms with Crippen molar-refractivity contribution in [3.63, 3.8) is 0 Å². The lowest BCUT2D eigenvalue weighted by molar-refractivity contribution is 0.414. The van der Waals surface area contributed by atoms with E-state index in [1.54, 1.807) is 14.2 Å². The molecule has 0 unspecified atom stereocenters. The van der Waals surface area contributed by atoms with Crippen LogP contribution >= 0.6 is 35.6 Å². The molecule has 5 nitrogen and oxygen atoms in total. The van der Waals surface area contributed by atoms with E-state index >= 15 is 0 Å². The van der Waals surface area contributed by atoms with Gasteiger partial charge in [0.05, 0.1) is 7.11 Å². The molecular formula is C20H24ClIN4O. The molecule has 144 valence electrons. The molecule has 0 fully saturated rings. The number of hydrogen-bond acceptors (Lipinski definition) is 2. The summed E-state index contributed by atoms with van der Waals surface area (Å²) in [5, 5.41) is 8.58. The molecular weight excluding hydrogens is 475 g/mol. The van der Waals surface area contributed by atoms with E-state index in [1.807, 2.05) is 42.6 Å². The third-order valence-electron chi connectivity index (χ3n) is 4.23. The average molecular weight is 499 g/mol. The lowest BCUT2D eigenvalue weighted by atomic mass is 10.1. The van der Waals surface area contributed by atoms with Crippen molar-refractivity contribution in [1.82, 2.24) is 15.6 Å². The molecule has 0 amide bonds. The number of aromatic nitrogens is 1. The van der Waals surface area contributed by atoms with Crippen LogP contribution in [0.2, 0.25) is 5.02 Å². The van der Waals surface area contributed by atoms with Crippen LogP contribution in [0.3, 0.4) is 0 Å². The number of benzene rings is 2. The van der Waals surface area contributed by atoms with Gasteiger partial charge in [-0.1, -0.05) is 23.7 Å². The normalized spacial score (nSPS) is 11.1. The van der Waals surface area contributed by atoms with E-state index in [4.69, 9.17) is 16.3 Å². The van der Waals surface area contributed by atoms with E-state index < -0.39 is 0 Å². The van der Waals surface area contributed by atoms with Crippen LogP contribution < -0.4 is 15.4 Å². The summed E-state index contributed by atoms with van der Waals surface area (Å²) in [6.45, 7) is 1.46. The summed E-state index contributed by atoms with van der Waals surface area (Å²) in [5.41, 5.74) is 3.47. The van der Waals surface area contributed by atoms with Gasteiger partial charge in [0.2, 0.25) is 0 Å². The van der Waals surface area contributed by atoms with E-state index in [9.17, 15) is 0 Å². The molecule has 2 aromatic carbocycles. The molecule has 3 N–H and O–H groups in total. The summed E-state index contributed by atoms with van der Waals surface area (Å²) in [7, 11) is 3.44. The zero-order valence-corrected chi connectivity index (χ0v) is 18.5. The van der Waals surface area contributed by atoms with Crippen LogP contribution in [0.1, 0.15) is 11.1 Å². The lowest BCUT2D eigenvalue weighted by Gasteiger charge is -2.12. The van der Waals surface area contributed by atoms with E-state index in [2.05, 4.69) is 26.7 Å². The van der Waals surface area contributed by atoms with Gasteiger partial charge in [-0.3, -0.25) is 4.99 Å². The van der Waals surface area contributed by atoms with Gasteiger partial charge >= 0.3 is 0 Å². The van der Waals surface area contributed by atoms with Crippen LogP contribution in [0.25, 0.3) is 10.9 Å². The van der Waals surface area contributed by atoms with Crippen molar-refractivity contribution < 1.29 is 4.74 Å². The summed E-state index contributed by atoms with van der Waals surface area (Å²) in [4.78, 5) is 7.56. The van der Waals surface area contributed by atoms with Crippen molar-refractivity contribution in [2.24, 2.45) is 4.99 Å². The second-order valence-electron chi connectivity index (χ2n) is 5.96. The Labute approximate surface area is 181 Å². The van der Waals surface area contributed by atoms with Crippen molar-refractivity contribution in [3.8, 4) is 5.75 Å². The number of halogens is 2. The zero-order valence-electron chi connectivity index (χ0n) is 15.4. The Balaban J connectivity index is 0.00000261. The molecule has 3 rings (SSSR count). The molecule has 0 spiro atoms. The highest BCUT2D eigenvalue weighted by atomic mass is 127. The van der Waals surface area contributed by atoms with Crippen LogP contribution in [0.5, 0.6) is 5.75 Å². The maximum absolute atomic E-state index is 6.11. The van der Waals surface area contributed by atoms with Crippen molar-refractivity contribution in [3.05, 3.63) is 64.8 Å². The Kier molecular flexibility index (Phi) is 8.24. The molecule has 0 saturated heterocycles. The van der Waals surface area contributed by atoms with Gasteiger partial charge in [-0.2, -0.15) is 0 Å². The predicted octanol–water partition coefficient (Wildman–Crippen LogP) is 4.36. The number of H-pyrrole nitrogens is 1. The minimum atomic E-state index is 0. The number of ether oxygens (including phenoxy) is 1. The number of methoxy groups -OCH3 is 1. The van der Waals surface area contributed by atoms with Crippen molar-refractivity contribution >= 4 is 52.4 Å². The number of aliphatic imine (C=N–C) groups is 1. The summed E-state index contributed by atoms with van der Waals surface area (Å²) in [6, 6.07) is 13.9. The third-order valence-corrected chi connectivity index (χ3v) is 4.47. The highest BCUT2D eigenvalue weighted by Crippen LogP contribution is 2.22. The number of fused-ring (bicyclic) bond motifs is 1. The van der Waals surface area contributed by atoms with Gasteiger partial charge < -0.3 is 20.4 Å². The lowest BCUT2D eigenvalue weighted by Crippen LogP contribution is -2.37. The molecule has 0 aliphatic rings. The largest absolute Gasteiger partial charge is 0.497 e. The van der Waals surface area contributed by atoms with Gasteiger partial charge in [-0.25, -0.2) is 0 Å². The van der Waals surface area contributed by atoms with E-state index in [-0.39, 0.29) is 24.0 Å². The maximum atomic E-state index is 6.11. The maximum Gasteiger partial charge on any atom is 0.191 e. The first-order valence-electron chi connectivity index (χ1n) is 8.52. The predicted molar refractivity (Wildman–Crippen MR) is 124 cm³/mol. The molecule has 0 bridgehead atoms. The molecule has 27 heavy (non-hydrogen) atoms. The highest BCUT2D eigenvalue weighted by molar-refractivity contribution is 14.0.